The fourth-order valence-corrected chi connectivity index (χ4v) is 2.61. The van der Waals surface area contributed by atoms with Crippen LogP contribution >= 0.6 is 0 Å². The van der Waals surface area contributed by atoms with Crippen molar-refractivity contribution >= 4 is 11.9 Å². The molecule has 9 heteroatoms. The lowest BCUT2D eigenvalue weighted by molar-refractivity contribution is -0.197. The number of carbonyl (C=O) groups is 2. The van der Waals surface area contributed by atoms with Crippen molar-refractivity contribution in [3.8, 4) is 0 Å². The van der Waals surface area contributed by atoms with E-state index in [1.165, 1.54) is 0 Å². The summed E-state index contributed by atoms with van der Waals surface area (Å²) in [6.07, 6.45) is -4.76. The summed E-state index contributed by atoms with van der Waals surface area (Å²) in [6, 6.07) is -1.41. The molecule has 0 amide bonds. The maximum Gasteiger partial charge on any atom is 0.336 e. The Labute approximate surface area is 113 Å². The van der Waals surface area contributed by atoms with E-state index in [0.29, 0.717) is 0 Å². The first-order valence-corrected chi connectivity index (χ1v) is 6.14. The van der Waals surface area contributed by atoms with Gasteiger partial charge in [0, 0.05) is 12.8 Å². The van der Waals surface area contributed by atoms with Crippen molar-refractivity contribution in [2.45, 2.75) is 48.9 Å². The van der Waals surface area contributed by atoms with Gasteiger partial charge in [0.15, 0.2) is 5.60 Å². The van der Waals surface area contributed by atoms with Crippen molar-refractivity contribution in [2.75, 3.05) is 6.61 Å². The minimum Gasteiger partial charge on any atom is -0.480 e. The molecule has 6 atom stereocenters. The van der Waals surface area contributed by atoms with Gasteiger partial charge in [-0.15, -0.1) is 0 Å². The number of carboxylic acid groups (broad SMARTS) is 2. The standard InChI is InChI=1S/C11H17NO8/c12-4(9(15)16)1-11(10(17)18)2-6-8(20-11)7(14)5(13)3-19-6/h4-8,13-14H,1-3,12H2,(H,15,16)(H,17,18)/t4-,5+,6?,7+,8?,11-/m0/s1. The summed E-state index contributed by atoms with van der Waals surface area (Å²) in [7, 11) is 0. The molecule has 0 saturated carbocycles. The molecule has 0 radical (unpaired) electrons. The molecule has 0 spiro atoms. The zero-order chi connectivity index (χ0) is 15.1. The molecule has 0 aromatic rings. The lowest BCUT2D eigenvalue weighted by Gasteiger charge is -2.33. The van der Waals surface area contributed by atoms with Gasteiger partial charge in [-0.3, -0.25) is 4.79 Å². The summed E-state index contributed by atoms with van der Waals surface area (Å²) in [5.41, 5.74) is 3.54. The van der Waals surface area contributed by atoms with Crippen molar-refractivity contribution in [1.29, 1.82) is 0 Å². The Morgan fingerprint density at radius 1 is 1.35 bits per heavy atom. The van der Waals surface area contributed by atoms with Gasteiger partial charge in [0.1, 0.15) is 24.4 Å². The second kappa shape index (κ2) is 5.26. The van der Waals surface area contributed by atoms with Crippen LogP contribution in [0.4, 0.5) is 0 Å². The van der Waals surface area contributed by atoms with E-state index >= 15 is 0 Å². The highest BCUT2D eigenvalue weighted by Crippen LogP contribution is 2.40. The zero-order valence-corrected chi connectivity index (χ0v) is 10.5. The van der Waals surface area contributed by atoms with Gasteiger partial charge in [0.2, 0.25) is 0 Å². The van der Waals surface area contributed by atoms with Crippen LogP contribution in [0.5, 0.6) is 0 Å². The summed E-state index contributed by atoms with van der Waals surface area (Å²) in [5.74, 6) is -2.71. The third-order valence-corrected chi connectivity index (χ3v) is 3.73. The average molecular weight is 291 g/mol. The SMILES string of the molecule is N[C@@H](C[C@@]1(C(=O)O)CC2OC[C@@H](O)[C@@H](O)C2O1)C(=O)O. The Morgan fingerprint density at radius 3 is 2.55 bits per heavy atom. The first-order valence-electron chi connectivity index (χ1n) is 6.14. The number of nitrogens with two attached hydrogens (primary N) is 1. The summed E-state index contributed by atoms with van der Waals surface area (Å²) in [6.45, 7) is -0.133. The Bertz CT molecular complexity index is 415. The topological polar surface area (TPSA) is 160 Å². The number of aliphatic hydroxyl groups excluding tert-OH is 2. The van der Waals surface area contributed by atoms with E-state index in [1.807, 2.05) is 0 Å². The van der Waals surface area contributed by atoms with Gasteiger partial charge in [0.25, 0.3) is 0 Å². The van der Waals surface area contributed by atoms with E-state index in [4.69, 9.17) is 20.3 Å². The van der Waals surface area contributed by atoms with Crippen molar-refractivity contribution in [3.63, 3.8) is 0 Å². The second-order valence-corrected chi connectivity index (χ2v) is 5.16. The van der Waals surface area contributed by atoms with E-state index in [-0.39, 0.29) is 13.0 Å². The Kier molecular flexibility index (Phi) is 3.98. The van der Waals surface area contributed by atoms with Crippen LogP contribution in [0.2, 0.25) is 0 Å². The number of hydrogen-bond donors (Lipinski definition) is 5. The van der Waals surface area contributed by atoms with Crippen LogP contribution in [0.1, 0.15) is 12.8 Å². The molecule has 2 fully saturated rings. The van der Waals surface area contributed by atoms with Crippen molar-refractivity contribution in [3.05, 3.63) is 0 Å². The molecule has 2 rings (SSSR count). The van der Waals surface area contributed by atoms with E-state index in [9.17, 15) is 24.9 Å². The highest BCUT2D eigenvalue weighted by Gasteiger charge is 2.57. The maximum absolute atomic E-state index is 11.4. The molecule has 114 valence electrons. The predicted molar refractivity (Wildman–Crippen MR) is 61.8 cm³/mol. The van der Waals surface area contributed by atoms with Crippen molar-refractivity contribution < 1.29 is 39.5 Å². The van der Waals surface area contributed by atoms with Gasteiger partial charge in [-0.1, -0.05) is 0 Å². The van der Waals surface area contributed by atoms with E-state index in [1.54, 1.807) is 0 Å². The van der Waals surface area contributed by atoms with E-state index in [2.05, 4.69) is 0 Å². The third-order valence-electron chi connectivity index (χ3n) is 3.73. The van der Waals surface area contributed by atoms with Crippen LogP contribution in [0.15, 0.2) is 0 Å². The quantitative estimate of drug-likeness (QED) is 0.378. The summed E-state index contributed by atoms with van der Waals surface area (Å²) in [4.78, 5) is 22.2. The lowest BCUT2D eigenvalue weighted by atomic mass is 9.89. The molecule has 2 aliphatic heterocycles. The normalized spacial score (nSPS) is 42.0. The number of ether oxygens (including phenoxy) is 2. The molecule has 0 aromatic heterocycles. The first kappa shape index (κ1) is 15.1. The van der Waals surface area contributed by atoms with E-state index in [0.717, 1.165) is 0 Å². The second-order valence-electron chi connectivity index (χ2n) is 5.16. The van der Waals surface area contributed by atoms with Crippen molar-refractivity contribution in [2.24, 2.45) is 5.73 Å². The van der Waals surface area contributed by atoms with Crippen LogP contribution < -0.4 is 5.73 Å². The summed E-state index contributed by atoms with van der Waals surface area (Å²) >= 11 is 0. The Balaban J connectivity index is 2.20. The zero-order valence-electron chi connectivity index (χ0n) is 10.5. The number of aliphatic hydroxyl groups is 2. The Hall–Kier alpha value is -1.26. The number of aliphatic carboxylic acids is 2. The lowest BCUT2D eigenvalue weighted by Crippen LogP contribution is -2.51. The van der Waals surface area contributed by atoms with Gasteiger partial charge in [0.05, 0.1) is 12.7 Å². The smallest absolute Gasteiger partial charge is 0.336 e. The van der Waals surface area contributed by atoms with Crippen LogP contribution in [-0.2, 0) is 19.1 Å². The fraction of sp³-hybridized carbons (Fsp3) is 0.818. The average Bonchev–Trinajstić information content (AvgIpc) is 2.74. The molecule has 9 nitrogen and oxygen atoms in total. The predicted octanol–water partition coefficient (Wildman–Crippen LogP) is -2.48. The molecule has 2 aliphatic rings. The van der Waals surface area contributed by atoms with E-state index < -0.39 is 54.4 Å². The minimum absolute atomic E-state index is 0.127. The molecule has 2 heterocycles. The number of hydrogen-bond acceptors (Lipinski definition) is 7. The molecule has 0 aromatic carbocycles. The van der Waals surface area contributed by atoms with Gasteiger partial charge >= 0.3 is 11.9 Å². The third kappa shape index (κ3) is 2.50. The summed E-state index contributed by atoms with van der Waals surface area (Å²) < 4.78 is 10.6. The maximum atomic E-state index is 11.4. The molecule has 20 heavy (non-hydrogen) atoms. The molecule has 0 aliphatic carbocycles. The van der Waals surface area contributed by atoms with Gasteiger partial charge in [-0.05, 0) is 0 Å². The number of rotatable bonds is 4. The molecular weight excluding hydrogens is 274 g/mol. The van der Waals surface area contributed by atoms with Gasteiger partial charge in [-0.25, -0.2) is 4.79 Å². The van der Waals surface area contributed by atoms with Gasteiger partial charge in [-0.2, -0.15) is 0 Å². The minimum atomic E-state index is -1.84. The van der Waals surface area contributed by atoms with Crippen LogP contribution in [0.3, 0.4) is 0 Å². The monoisotopic (exact) mass is 291 g/mol. The molecule has 6 N–H and O–H groups in total. The molecule has 2 unspecified atom stereocenters. The molecular formula is C11H17NO8. The molecule has 0 bridgehead atoms. The largest absolute Gasteiger partial charge is 0.480 e. The van der Waals surface area contributed by atoms with Crippen LogP contribution in [0, 0.1) is 0 Å². The highest BCUT2D eigenvalue weighted by atomic mass is 16.6. The molecule has 2 saturated heterocycles. The van der Waals surface area contributed by atoms with Crippen molar-refractivity contribution in [1.82, 2.24) is 0 Å². The van der Waals surface area contributed by atoms with Gasteiger partial charge < -0.3 is 35.6 Å². The fourth-order valence-electron chi connectivity index (χ4n) is 2.61. The van der Waals surface area contributed by atoms with Crippen LogP contribution in [-0.4, -0.2) is 75.0 Å². The highest BCUT2D eigenvalue weighted by molar-refractivity contribution is 5.80. The first-order chi connectivity index (χ1) is 9.27. The Morgan fingerprint density at radius 2 is 2.00 bits per heavy atom. The van der Waals surface area contributed by atoms with Crippen LogP contribution in [0.25, 0.3) is 0 Å². The number of carboxylic acids is 2. The number of fused-ring (bicyclic) bond motifs is 1. The summed E-state index contributed by atoms with van der Waals surface area (Å²) in [5, 5.41) is 37.4.